The highest BCUT2D eigenvalue weighted by atomic mass is 16.6. The zero-order valence-corrected chi connectivity index (χ0v) is 10.9. The van der Waals surface area contributed by atoms with E-state index in [-0.39, 0.29) is 11.7 Å². The van der Waals surface area contributed by atoms with Gasteiger partial charge in [-0.15, -0.1) is 0 Å². The average Bonchev–Trinajstić information content (AvgIpc) is 2.55. The Kier molecular flexibility index (Phi) is 2.67. The van der Waals surface area contributed by atoms with E-state index in [1.165, 1.54) is 19.3 Å². The molecular formula is C13H23NO2. The van der Waals surface area contributed by atoms with Gasteiger partial charge in [0.2, 0.25) is 0 Å². The van der Waals surface area contributed by atoms with Crippen LogP contribution in [0.25, 0.3) is 0 Å². The van der Waals surface area contributed by atoms with Crippen molar-refractivity contribution in [2.75, 3.05) is 13.1 Å². The highest BCUT2D eigenvalue weighted by molar-refractivity contribution is 5.68. The van der Waals surface area contributed by atoms with Crippen molar-refractivity contribution in [2.24, 2.45) is 11.3 Å². The van der Waals surface area contributed by atoms with Gasteiger partial charge in [-0.3, -0.25) is 0 Å². The summed E-state index contributed by atoms with van der Waals surface area (Å²) in [5.74, 6) is 0.694. The zero-order valence-electron chi connectivity index (χ0n) is 10.9. The first-order valence-electron chi connectivity index (χ1n) is 6.28. The number of ether oxygens (including phenoxy) is 1. The summed E-state index contributed by atoms with van der Waals surface area (Å²) < 4.78 is 5.42. The molecule has 1 aliphatic carbocycles. The SMILES string of the molecule is CC(C)(C)OC(=O)N1C[C@H]2CCC[C@@]2(C)C1. The lowest BCUT2D eigenvalue weighted by Gasteiger charge is -2.26. The van der Waals surface area contributed by atoms with Crippen LogP contribution in [0.5, 0.6) is 0 Å². The van der Waals surface area contributed by atoms with Crippen LogP contribution in [0, 0.1) is 11.3 Å². The van der Waals surface area contributed by atoms with Crippen molar-refractivity contribution in [2.45, 2.75) is 52.6 Å². The van der Waals surface area contributed by atoms with Crippen molar-refractivity contribution >= 4 is 6.09 Å². The average molecular weight is 225 g/mol. The molecule has 2 atom stereocenters. The molecule has 2 rings (SSSR count). The van der Waals surface area contributed by atoms with Crippen LogP contribution in [0.3, 0.4) is 0 Å². The molecule has 0 radical (unpaired) electrons. The van der Waals surface area contributed by atoms with Gasteiger partial charge in [-0.25, -0.2) is 4.79 Å². The first-order valence-corrected chi connectivity index (χ1v) is 6.28. The number of likely N-dealkylation sites (tertiary alicyclic amines) is 1. The number of fused-ring (bicyclic) bond motifs is 1. The molecule has 0 aromatic carbocycles. The van der Waals surface area contributed by atoms with E-state index in [0.29, 0.717) is 11.3 Å². The number of amides is 1. The first-order chi connectivity index (χ1) is 7.30. The van der Waals surface area contributed by atoms with Gasteiger partial charge in [-0.05, 0) is 44.9 Å². The van der Waals surface area contributed by atoms with Crippen molar-refractivity contribution < 1.29 is 9.53 Å². The third kappa shape index (κ3) is 2.18. The van der Waals surface area contributed by atoms with Crippen LogP contribution in [-0.4, -0.2) is 29.7 Å². The summed E-state index contributed by atoms with van der Waals surface area (Å²) in [6.07, 6.45) is 3.72. The molecule has 0 aromatic rings. The van der Waals surface area contributed by atoms with Crippen molar-refractivity contribution in [1.29, 1.82) is 0 Å². The van der Waals surface area contributed by atoms with E-state index < -0.39 is 0 Å². The molecule has 1 amide bonds. The monoisotopic (exact) mass is 225 g/mol. The second kappa shape index (κ2) is 3.64. The van der Waals surface area contributed by atoms with E-state index in [2.05, 4.69) is 6.92 Å². The predicted molar refractivity (Wildman–Crippen MR) is 63.3 cm³/mol. The number of nitrogens with zero attached hydrogens (tertiary/aromatic N) is 1. The zero-order chi connectivity index (χ0) is 12.0. The topological polar surface area (TPSA) is 29.5 Å². The van der Waals surface area contributed by atoms with Gasteiger partial charge in [0.1, 0.15) is 5.60 Å². The van der Waals surface area contributed by atoms with Crippen molar-refractivity contribution in [3.8, 4) is 0 Å². The maximum Gasteiger partial charge on any atom is 0.410 e. The lowest BCUT2D eigenvalue weighted by molar-refractivity contribution is 0.0270. The van der Waals surface area contributed by atoms with Gasteiger partial charge in [0.15, 0.2) is 0 Å². The molecule has 0 aromatic heterocycles. The summed E-state index contributed by atoms with van der Waals surface area (Å²) in [7, 11) is 0. The van der Waals surface area contributed by atoms with E-state index in [0.717, 1.165) is 13.1 Å². The standard InChI is InChI=1S/C13H23NO2/c1-12(2,3)16-11(15)14-8-10-6-5-7-13(10,4)9-14/h10H,5-9H2,1-4H3/t10-,13+/m1/s1. The highest BCUT2D eigenvalue weighted by Crippen LogP contribution is 2.48. The maximum absolute atomic E-state index is 11.9. The molecule has 16 heavy (non-hydrogen) atoms. The second-order valence-corrected chi connectivity index (χ2v) is 6.60. The normalized spacial score (nSPS) is 34.0. The van der Waals surface area contributed by atoms with Crippen LogP contribution in [-0.2, 0) is 4.74 Å². The van der Waals surface area contributed by atoms with Gasteiger partial charge in [0.05, 0.1) is 0 Å². The molecule has 0 bridgehead atoms. The Bertz CT molecular complexity index is 295. The molecule has 1 aliphatic heterocycles. The van der Waals surface area contributed by atoms with E-state index >= 15 is 0 Å². The number of rotatable bonds is 0. The van der Waals surface area contributed by atoms with Crippen LogP contribution in [0.2, 0.25) is 0 Å². The largest absolute Gasteiger partial charge is 0.444 e. The number of hydrogen-bond donors (Lipinski definition) is 0. The van der Waals surface area contributed by atoms with Gasteiger partial charge >= 0.3 is 6.09 Å². The summed E-state index contributed by atoms with van der Waals surface area (Å²) in [5, 5.41) is 0. The molecule has 0 unspecified atom stereocenters. The molecule has 1 heterocycles. The molecule has 3 heteroatoms. The van der Waals surface area contributed by atoms with Crippen LogP contribution in [0.1, 0.15) is 47.0 Å². The van der Waals surface area contributed by atoms with E-state index in [4.69, 9.17) is 4.74 Å². The highest BCUT2D eigenvalue weighted by Gasteiger charge is 2.47. The van der Waals surface area contributed by atoms with Crippen molar-refractivity contribution in [3.63, 3.8) is 0 Å². The molecule has 0 N–H and O–H groups in total. The summed E-state index contributed by atoms with van der Waals surface area (Å²) in [5.41, 5.74) is -0.0212. The summed E-state index contributed by atoms with van der Waals surface area (Å²) in [4.78, 5) is 13.8. The molecule has 0 spiro atoms. The Labute approximate surface area is 98.1 Å². The van der Waals surface area contributed by atoms with E-state index in [1.54, 1.807) is 0 Å². The minimum atomic E-state index is -0.379. The van der Waals surface area contributed by atoms with Crippen molar-refractivity contribution in [1.82, 2.24) is 4.90 Å². The fourth-order valence-electron chi connectivity index (χ4n) is 3.06. The van der Waals surface area contributed by atoms with Gasteiger partial charge in [-0.2, -0.15) is 0 Å². The molecule has 1 saturated heterocycles. The second-order valence-electron chi connectivity index (χ2n) is 6.60. The minimum absolute atomic E-state index is 0.136. The summed E-state index contributed by atoms with van der Waals surface area (Å²) in [6, 6.07) is 0. The first kappa shape index (κ1) is 11.7. The fraction of sp³-hybridized carbons (Fsp3) is 0.923. The predicted octanol–water partition coefficient (Wildman–Crippen LogP) is 3.04. The fourth-order valence-corrected chi connectivity index (χ4v) is 3.06. The van der Waals surface area contributed by atoms with Crippen LogP contribution >= 0.6 is 0 Å². The molecule has 1 saturated carbocycles. The van der Waals surface area contributed by atoms with Gasteiger partial charge in [0.25, 0.3) is 0 Å². The summed E-state index contributed by atoms with van der Waals surface area (Å²) >= 11 is 0. The van der Waals surface area contributed by atoms with Crippen molar-refractivity contribution in [3.05, 3.63) is 0 Å². The smallest absolute Gasteiger partial charge is 0.410 e. The molecule has 2 fully saturated rings. The van der Waals surface area contributed by atoms with Gasteiger partial charge in [-0.1, -0.05) is 13.3 Å². The Balaban J connectivity index is 1.97. The molecule has 2 aliphatic rings. The Hall–Kier alpha value is -0.730. The Morgan fingerprint density at radius 2 is 2.12 bits per heavy atom. The van der Waals surface area contributed by atoms with Gasteiger partial charge in [0, 0.05) is 13.1 Å². The summed E-state index contributed by atoms with van der Waals surface area (Å²) in [6.45, 7) is 9.85. The van der Waals surface area contributed by atoms with Crippen LogP contribution in [0.4, 0.5) is 4.79 Å². The number of carbonyl (C=O) groups excluding carboxylic acids is 1. The number of hydrogen-bond acceptors (Lipinski definition) is 2. The number of carbonyl (C=O) groups is 1. The third-order valence-electron chi connectivity index (χ3n) is 3.93. The molecular weight excluding hydrogens is 202 g/mol. The Morgan fingerprint density at radius 1 is 1.44 bits per heavy atom. The van der Waals surface area contributed by atoms with Crippen LogP contribution < -0.4 is 0 Å². The lowest BCUT2D eigenvalue weighted by Crippen LogP contribution is -2.36. The minimum Gasteiger partial charge on any atom is -0.444 e. The van der Waals surface area contributed by atoms with Gasteiger partial charge < -0.3 is 9.64 Å². The molecule has 92 valence electrons. The van der Waals surface area contributed by atoms with E-state index in [9.17, 15) is 4.79 Å². The third-order valence-corrected chi connectivity index (χ3v) is 3.93. The Morgan fingerprint density at radius 3 is 2.69 bits per heavy atom. The molecule has 3 nitrogen and oxygen atoms in total. The quantitative estimate of drug-likeness (QED) is 0.634. The maximum atomic E-state index is 11.9. The van der Waals surface area contributed by atoms with E-state index in [1.807, 2.05) is 25.7 Å². The van der Waals surface area contributed by atoms with Crippen LogP contribution in [0.15, 0.2) is 0 Å². The lowest BCUT2D eigenvalue weighted by atomic mass is 9.83.